The van der Waals surface area contributed by atoms with Gasteiger partial charge in [0, 0.05) is 0 Å². The van der Waals surface area contributed by atoms with E-state index in [1.54, 1.807) is 25.3 Å². The van der Waals surface area contributed by atoms with Gasteiger partial charge in [-0.15, -0.1) is 5.11 Å². The summed E-state index contributed by atoms with van der Waals surface area (Å²) in [5, 5.41) is 18.0. The average Bonchev–Trinajstić information content (AvgIpc) is 2.42. The van der Waals surface area contributed by atoms with Crippen molar-refractivity contribution >= 4 is 11.4 Å². The van der Waals surface area contributed by atoms with Crippen molar-refractivity contribution in [1.82, 2.24) is 0 Å². The van der Waals surface area contributed by atoms with Crippen LogP contribution >= 0.6 is 0 Å². The van der Waals surface area contributed by atoms with Crippen molar-refractivity contribution < 1.29 is 9.84 Å². The number of methoxy groups -OCH3 is 1. The van der Waals surface area contributed by atoms with Crippen LogP contribution in [0.4, 0.5) is 11.4 Å². The number of nitrogens with zero attached hydrogens (tertiary/aromatic N) is 2. The van der Waals surface area contributed by atoms with Gasteiger partial charge < -0.3 is 9.84 Å². The molecule has 0 radical (unpaired) electrons. The minimum atomic E-state index is 0.139. The molecule has 19 heavy (non-hydrogen) atoms. The fourth-order valence-corrected chi connectivity index (χ4v) is 1.63. The minimum absolute atomic E-state index is 0.139. The molecule has 0 saturated heterocycles. The Hall–Kier alpha value is -2.36. The lowest BCUT2D eigenvalue weighted by atomic mass is 10.1. The fraction of sp³-hybridized carbons (Fsp3) is 0.200. The SMILES string of the molecule is COc1ccc(N=Nc2cc(C)c(C)cc2O)cc1. The number of hydrogen-bond donors (Lipinski definition) is 1. The Morgan fingerprint density at radius 3 is 2.21 bits per heavy atom. The molecule has 0 saturated carbocycles. The Kier molecular flexibility index (Phi) is 3.80. The van der Waals surface area contributed by atoms with Gasteiger partial charge in [0.25, 0.3) is 0 Å². The normalized spacial score (nSPS) is 10.9. The molecule has 0 unspecified atom stereocenters. The molecule has 0 amide bonds. The van der Waals surface area contributed by atoms with E-state index in [0.717, 1.165) is 16.9 Å². The highest BCUT2D eigenvalue weighted by Gasteiger charge is 2.03. The molecule has 0 spiro atoms. The number of benzene rings is 2. The van der Waals surface area contributed by atoms with Crippen molar-refractivity contribution in [2.24, 2.45) is 10.2 Å². The number of hydrogen-bond acceptors (Lipinski definition) is 4. The van der Waals surface area contributed by atoms with E-state index >= 15 is 0 Å². The Labute approximate surface area is 112 Å². The van der Waals surface area contributed by atoms with Crippen LogP contribution < -0.4 is 4.74 Å². The third-order valence-corrected chi connectivity index (χ3v) is 2.94. The van der Waals surface area contributed by atoms with Gasteiger partial charge in [-0.3, -0.25) is 0 Å². The van der Waals surface area contributed by atoms with Crippen LogP contribution in [0.1, 0.15) is 11.1 Å². The van der Waals surface area contributed by atoms with E-state index in [-0.39, 0.29) is 5.75 Å². The van der Waals surface area contributed by atoms with E-state index in [2.05, 4.69) is 10.2 Å². The van der Waals surface area contributed by atoms with Gasteiger partial charge in [0.2, 0.25) is 0 Å². The lowest BCUT2D eigenvalue weighted by Gasteiger charge is -2.03. The van der Waals surface area contributed by atoms with E-state index in [9.17, 15) is 5.11 Å². The Bertz CT molecular complexity index is 604. The van der Waals surface area contributed by atoms with Crippen molar-refractivity contribution in [3.8, 4) is 11.5 Å². The van der Waals surface area contributed by atoms with E-state index in [1.165, 1.54) is 0 Å². The highest BCUT2D eigenvalue weighted by molar-refractivity contribution is 5.55. The third-order valence-electron chi connectivity index (χ3n) is 2.94. The summed E-state index contributed by atoms with van der Waals surface area (Å²) in [4.78, 5) is 0. The van der Waals surface area contributed by atoms with E-state index in [0.29, 0.717) is 11.4 Å². The molecule has 0 heterocycles. The molecule has 4 heteroatoms. The molecule has 0 aliphatic heterocycles. The maximum absolute atomic E-state index is 9.80. The van der Waals surface area contributed by atoms with Crippen LogP contribution in [0.5, 0.6) is 11.5 Å². The molecule has 1 N–H and O–H groups in total. The third kappa shape index (κ3) is 3.10. The van der Waals surface area contributed by atoms with Crippen LogP contribution in [-0.2, 0) is 0 Å². The van der Waals surface area contributed by atoms with Crippen LogP contribution in [0.3, 0.4) is 0 Å². The molecule has 0 aliphatic rings. The van der Waals surface area contributed by atoms with Crippen LogP contribution in [0.15, 0.2) is 46.6 Å². The van der Waals surface area contributed by atoms with Crippen LogP contribution in [0.2, 0.25) is 0 Å². The van der Waals surface area contributed by atoms with Gasteiger partial charge in [-0.05, 0) is 61.4 Å². The molecule has 2 aromatic carbocycles. The molecule has 0 bridgehead atoms. The number of rotatable bonds is 3. The average molecular weight is 256 g/mol. The Morgan fingerprint density at radius 2 is 1.58 bits per heavy atom. The molecule has 0 atom stereocenters. The molecule has 0 fully saturated rings. The minimum Gasteiger partial charge on any atom is -0.506 e. The second-order valence-corrected chi connectivity index (χ2v) is 4.32. The zero-order valence-corrected chi connectivity index (χ0v) is 11.2. The number of phenolic OH excluding ortho intramolecular Hbond substituents is 1. The molecular formula is C15H16N2O2. The molecule has 0 aliphatic carbocycles. The summed E-state index contributed by atoms with van der Waals surface area (Å²) in [7, 11) is 1.61. The second kappa shape index (κ2) is 5.52. The number of aromatic hydroxyl groups is 1. The lowest BCUT2D eigenvalue weighted by molar-refractivity contribution is 0.415. The molecular weight excluding hydrogens is 240 g/mol. The predicted octanol–water partition coefficient (Wildman–Crippen LogP) is 4.43. The van der Waals surface area contributed by atoms with Crippen molar-refractivity contribution in [3.63, 3.8) is 0 Å². The molecule has 4 nitrogen and oxygen atoms in total. The van der Waals surface area contributed by atoms with Gasteiger partial charge in [0.1, 0.15) is 17.2 Å². The van der Waals surface area contributed by atoms with Gasteiger partial charge in [-0.1, -0.05) is 0 Å². The first-order valence-corrected chi connectivity index (χ1v) is 5.96. The maximum Gasteiger partial charge on any atom is 0.143 e. The highest BCUT2D eigenvalue weighted by Crippen LogP contribution is 2.31. The van der Waals surface area contributed by atoms with Crippen molar-refractivity contribution in [3.05, 3.63) is 47.5 Å². The summed E-state index contributed by atoms with van der Waals surface area (Å²) in [5.74, 6) is 0.910. The first kappa shape index (κ1) is 13.1. The monoisotopic (exact) mass is 256 g/mol. The highest BCUT2D eigenvalue weighted by atomic mass is 16.5. The first-order chi connectivity index (χ1) is 9.10. The van der Waals surface area contributed by atoms with E-state index < -0.39 is 0 Å². The summed E-state index contributed by atoms with van der Waals surface area (Å²) >= 11 is 0. The quantitative estimate of drug-likeness (QED) is 0.826. The van der Waals surface area contributed by atoms with Crippen molar-refractivity contribution in [1.29, 1.82) is 0 Å². The van der Waals surface area contributed by atoms with E-state index in [1.807, 2.05) is 32.0 Å². The van der Waals surface area contributed by atoms with Gasteiger partial charge in [-0.2, -0.15) is 5.11 Å². The smallest absolute Gasteiger partial charge is 0.143 e. The number of aryl methyl sites for hydroxylation is 2. The molecule has 0 aromatic heterocycles. The number of azo groups is 1. The topological polar surface area (TPSA) is 54.2 Å². The summed E-state index contributed by atoms with van der Waals surface area (Å²) in [6.07, 6.45) is 0. The largest absolute Gasteiger partial charge is 0.506 e. The summed E-state index contributed by atoms with van der Waals surface area (Å²) < 4.78 is 5.07. The van der Waals surface area contributed by atoms with Crippen LogP contribution in [0.25, 0.3) is 0 Å². The molecule has 2 rings (SSSR count). The van der Waals surface area contributed by atoms with Crippen LogP contribution in [0, 0.1) is 13.8 Å². The first-order valence-electron chi connectivity index (χ1n) is 5.96. The van der Waals surface area contributed by atoms with Crippen molar-refractivity contribution in [2.75, 3.05) is 7.11 Å². The van der Waals surface area contributed by atoms with Crippen molar-refractivity contribution in [2.45, 2.75) is 13.8 Å². The zero-order valence-electron chi connectivity index (χ0n) is 11.2. The summed E-state index contributed by atoms with van der Waals surface area (Å²) in [5.41, 5.74) is 3.28. The maximum atomic E-state index is 9.80. The van der Waals surface area contributed by atoms with Gasteiger partial charge >= 0.3 is 0 Å². The molecule has 2 aromatic rings. The fourth-order valence-electron chi connectivity index (χ4n) is 1.63. The summed E-state index contributed by atoms with van der Waals surface area (Å²) in [6.45, 7) is 3.92. The van der Waals surface area contributed by atoms with E-state index in [4.69, 9.17) is 4.74 Å². The Balaban J connectivity index is 2.24. The van der Waals surface area contributed by atoms with Gasteiger partial charge in [-0.25, -0.2) is 0 Å². The number of phenols is 1. The second-order valence-electron chi connectivity index (χ2n) is 4.32. The van der Waals surface area contributed by atoms with Gasteiger partial charge in [0.05, 0.1) is 12.8 Å². The number of ether oxygens (including phenoxy) is 1. The standard InChI is InChI=1S/C15H16N2O2/c1-10-8-14(15(18)9-11(10)2)17-16-12-4-6-13(19-3)7-5-12/h4-9,18H,1-3H3. The van der Waals surface area contributed by atoms with Gasteiger partial charge in [0.15, 0.2) is 0 Å². The Morgan fingerprint density at radius 1 is 0.947 bits per heavy atom. The zero-order chi connectivity index (χ0) is 13.8. The van der Waals surface area contributed by atoms with Crippen LogP contribution in [-0.4, -0.2) is 12.2 Å². The predicted molar refractivity (Wildman–Crippen MR) is 74.8 cm³/mol. The lowest BCUT2D eigenvalue weighted by Crippen LogP contribution is -1.80. The summed E-state index contributed by atoms with van der Waals surface area (Å²) in [6, 6.07) is 10.7. The molecule has 98 valence electrons.